The van der Waals surface area contributed by atoms with Crippen molar-refractivity contribution in [1.82, 2.24) is 10.2 Å². The summed E-state index contributed by atoms with van der Waals surface area (Å²) in [5.41, 5.74) is 1.95. The number of anilines is 1. The Labute approximate surface area is 128 Å². The molecule has 2 aromatic carbocycles. The number of nitrogens with one attached hydrogen (secondary N) is 2. The summed E-state index contributed by atoms with van der Waals surface area (Å²) in [6, 6.07) is 12.9. The Kier molecular flexibility index (Phi) is 4.05. The average molecular weight is 295 g/mol. The number of amides is 1. The molecule has 1 aromatic heterocycles. The van der Waals surface area contributed by atoms with Gasteiger partial charge < -0.3 is 10.1 Å². The van der Waals surface area contributed by atoms with Gasteiger partial charge in [-0.25, -0.2) is 0 Å². The minimum atomic E-state index is -0.192. The molecule has 0 bridgehead atoms. The Morgan fingerprint density at radius 3 is 2.95 bits per heavy atom. The van der Waals surface area contributed by atoms with Crippen LogP contribution in [-0.2, 0) is 0 Å². The van der Waals surface area contributed by atoms with Crippen LogP contribution < -0.4 is 10.1 Å². The second-order valence-corrected chi connectivity index (χ2v) is 4.94. The Morgan fingerprint density at radius 1 is 1.23 bits per heavy atom. The summed E-state index contributed by atoms with van der Waals surface area (Å²) in [5, 5.41) is 10.7. The highest BCUT2D eigenvalue weighted by Gasteiger charge is 2.13. The third-order valence-electron chi connectivity index (χ3n) is 3.32. The molecule has 1 amide bonds. The minimum Gasteiger partial charge on any atom is -0.491 e. The van der Waals surface area contributed by atoms with E-state index in [1.54, 1.807) is 12.3 Å². The third kappa shape index (κ3) is 2.79. The fourth-order valence-corrected chi connectivity index (χ4v) is 2.26. The number of benzene rings is 2. The Morgan fingerprint density at radius 2 is 2.09 bits per heavy atom. The zero-order valence-corrected chi connectivity index (χ0v) is 12.3. The second-order valence-electron chi connectivity index (χ2n) is 4.94. The van der Waals surface area contributed by atoms with Crippen molar-refractivity contribution >= 4 is 22.5 Å². The smallest absolute Gasteiger partial charge is 0.257 e. The second kappa shape index (κ2) is 6.30. The molecule has 0 saturated heterocycles. The predicted octanol–water partition coefficient (Wildman–Crippen LogP) is 3.60. The van der Waals surface area contributed by atoms with Crippen molar-refractivity contribution in [3.63, 3.8) is 0 Å². The first-order chi connectivity index (χ1) is 10.8. The molecule has 0 atom stereocenters. The van der Waals surface area contributed by atoms with Gasteiger partial charge in [0.2, 0.25) is 0 Å². The first-order valence-electron chi connectivity index (χ1n) is 7.25. The highest BCUT2D eigenvalue weighted by atomic mass is 16.5. The summed E-state index contributed by atoms with van der Waals surface area (Å²) in [4.78, 5) is 12.5. The van der Waals surface area contributed by atoms with Gasteiger partial charge in [-0.15, -0.1) is 0 Å². The van der Waals surface area contributed by atoms with Crippen molar-refractivity contribution < 1.29 is 9.53 Å². The van der Waals surface area contributed by atoms with Crippen LogP contribution in [0.15, 0.2) is 48.7 Å². The molecule has 5 nitrogen and oxygen atoms in total. The lowest BCUT2D eigenvalue weighted by Gasteiger charge is -2.12. The van der Waals surface area contributed by atoms with Crippen molar-refractivity contribution in [2.45, 2.75) is 13.3 Å². The Balaban J connectivity index is 1.87. The number of H-pyrrole nitrogens is 1. The van der Waals surface area contributed by atoms with Gasteiger partial charge in [0.05, 0.1) is 29.6 Å². The highest BCUT2D eigenvalue weighted by Crippen LogP contribution is 2.25. The van der Waals surface area contributed by atoms with E-state index in [-0.39, 0.29) is 5.91 Å². The van der Waals surface area contributed by atoms with E-state index in [1.807, 2.05) is 43.3 Å². The first-order valence-corrected chi connectivity index (χ1v) is 7.25. The number of para-hydroxylation sites is 3. The molecule has 3 aromatic rings. The Bertz CT molecular complexity index is 795. The van der Waals surface area contributed by atoms with Crippen LogP contribution in [-0.4, -0.2) is 22.7 Å². The van der Waals surface area contributed by atoms with Crippen molar-refractivity contribution in [2.75, 3.05) is 11.9 Å². The average Bonchev–Trinajstić information content (AvgIpc) is 3.02. The van der Waals surface area contributed by atoms with Crippen molar-refractivity contribution in [3.8, 4) is 5.75 Å². The molecule has 0 aliphatic carbocycles. The molecular formula is C17H17N3O2. The molecule has 0 aliphatic heterocycles. The number of ether oxygens (including phenoxy) is 1. The van der Waals surface area contributed by atoms with Gasteiger partial charge in [-0.2, -0.15) is 5.10 Å². The molecule has 3 rings (SSSR count). The van der Waals surface area contributed by atoms with E-state index in [0.717, 1.165) is 17.3 Å². The number of carbonyl (C=O) groups is 1. The number of aromatic amines is 1. The van der Waals surface area contributed by atoms with Crippen LogP contribution in [0.25, 0.3) is 10.9 Å². The fourth-order valence-electron chi connectivity index (χ4n) is 2.26. The number of aromatic nitrogens is 2. The molecule has 0 saturated carbocycles. The number of hydrogen-bond acceptors (Lipinski definition) is 3. The molecule has 0 spiro atoms. The number of rotatable bonds is 5. The van der Waals surface area contributed by atoms with E-state index < -0.39 is 0 Å². The van der Waals surface area contributed by atoms with Crippen LogP contribution in [0.4, 0.5) is 5.69 Å². The van der Waals surface area contributed by atoms with Crippen LogP contribution in [0, 0.1) is 0 Å². The maximum atomic E-state index is 12.5. The number of nitrogens with zero attached hydrogens (tertiary/aromatic N) is 1. The first kappa shape index (κ1) is 14.1. The fraction of sp³-hybridized carbons (Fsp3) is 0.176. The van der Waals surface area contributed by atoms with E-state index in [9.17, 15) is 4.79 Å². The quantitative estimate of drug-likeness (QED) is 0.755. The van der Waals surface area contributed by atoms with Crippen molar-refractivity contribution in [3.05, 3.63) is 54.2 Å². The zero-order chi connectivity index (χ0) is 15.4. The monoisotopic (exact) mass is 295 g/mol. The van der Waals surface area contributed by atoms with Crippen LogP contribution >= 0.6 is 0 Å². The molecule has 0 unspecified atom stereocenters. The molecule has 0 fully saturated rings. The number of hydrogen-bond donors (Lipinski definition) is 2. The summed E-state index contributed by atoms with van der Waals surface area (Å²) in [6.07, 6.45) is 2.61. The minimum absolute atomic E-state index is 0.192. The van der Waals surface area contributed by atoms with E-state index in [1.165, 1.54) is 0 Å². The highest BCUT2D eigenvalue weighted by molar-refractivity contribution is 6.12. The molecule has 0 aliphatic rings. The van der Waals surface area contributed by atoms with E-state index in [2.05, 4.69) is 15.5 Å². The van der Waals surface area contributed by atoms with Crippen LogP contribution in [0.2, 0.25) is 0 Å². The van der Waals surface area contributed by atoms with Gasteiger partial charge in [0.1, 0.15) is 5.75 Å². The topological polar surface area (TPSA) is 67.0 Å². The van der Waals surface area contributed by atoms with Crippen LogP contribution in [0.1, 0.15) is 23.7 Å². The van der Waals surface area contributed by atoms with E-state index in [0.29, 0.717) is 23.6 Å². The summed E-state index contributed by atoms with van der Waals surface area (Å²) < 4.78 is 5.66. The van der Waals surface area contributed by atoms with Crippen LogP contribution in [0.5, 0.6) is 5.75 Å². The van der Waals surface area contributed by atoms with Crippen molar-refractivity contribution in [1.29, 1.82) is 0 Å². The zero-order valence-electron chi connectivity index (χ0n) is 12.3. The standard InChI is InChI=1S/C17H17N3O2/c1-2-10-22-15-9-4-3-8-14(15)19-17(21)13-7-5-6-12-11-18-20-16(12)13/h3-9,11H,2,10H2,1H3,(H,18,20)(H,19,21). The SMILES string of the molecule is CCCOc1ccccc1NC(=O)c1cccc2cn[nH]c12. The van der Waals surface area contributed by atoms with Crippen LogP contribution in [0.3, 0.4) is 0 Å². The third-order valence-corrected chi connectivity index (χ3v) is 3.32. The van der Waals surface area contributed by atoms with Gasteiger partial charge >= 0.3 is 0 Å². The van der Waals surface area contributed by atoms with Gasteiger partial charge in [0, 0.05) is 5.39 Å². The Hall–Kier alpha value is -2.82. The summed E-state index contributed by atoms with van der Waals surface area (Å²) in [7, 11) is 0. The predicted molar refractivity (Wildman–Crippen MR) is 86.3 cm³/mol. The lowest BCUT2D eigenvalue weighted by molar-refractivity contribution is 0.102. The van der Waals surface area contributed by atoms with Crippen molar-refractivity contribution in [2.24, 2.45) is 0 Å². The van der Waals surface area contributed by atoms with Gasteiger partial charge in [0.25, 0.3) is 5.91 Å². The molecule has 22 heavy (non-hydrogen) atoms. The lowest BCUT2D eigenvalue weighted by atomic mass is 10.1. The van der Waals surface area contributed by atoms with Gasteiger partial charge in [-0.3, -0.25) is 9.89 Å². The normalized spacial score (nSPS) is 10.6. The van der Waals surface area contributed by atoms with E-state index in [4.69, 9.17) is 4.74 Å². The molecule has 2 N–H and O–H groups in total. The number of carbonyl (C=O) groups excluding carboxylic acids is 1. The molecule has 1 heterocycles. The maximum Gasteiger partial charge on any atom is 0.257 e. The van der Waals surface area contributed by atoms with Gasteiger partial charge in [-0.05, 0) is 24.6 Å². The maximum absolute atomic E-state index is 12.5. The lowest BCUT2D eigenvalue weighted by Crippen LogP contribution is -2.13. The number of fused-ring (bicyclic) bond motifs is 1. The van der Waals surface area contributed by atoms with E-state index >= 15 is 0 Å². The summed E-state index contributed by atoms with van der Waals surface area (Å²) in [6.45, 7) is 2.66. The molecular weight excluding hydrogens is 278 g/mol. The molecule has 0 radical (unpaired) electrons. The summed E-state index contributed by atoms with van der Waals surface area (Å²) >= 11 is 0. The summed E-state index contributed by atoms with van der Waals surface area (Å²) in [5.74, 6) is 0.483. The largest absolute Gasteiger partial charge is 0.491 e. The van der Waals surface area contributed by atoms with Gasteiger partial charge in [0.15, 0.2) is 0 Å². The van der Waals surface area contributed by atoms with Gasteiger partial charge in [-0.1, -0.05) is 31.2 Å². The molecule has 112 valence electrons. The molecule has 5 heteroatoms.